The largest absolute Gasteiger partial charge is 0.454 e. The van der Waals surface area contributed by atoms with Crippen molar-refractivity contribution in [2.75, 3.05) is 5.73 Å². The third kappa shape index (κ3) is 3.17. The number of nitrogens with zero attached hydrogens (tertiary/aromatic N) is 2. The molecule has 29 heavy (non-hydrogen) atoms. The van der Waals surface area contributed by atoms with Crippen LogP contribution in [0.3, 0.4) is 0 Å². The number of benzene rings is 2. The number of hydrogen-bond donors (Lipinski definition) is 2. The summed E-state index contributed by atoms with van der Waals surface area (Å²) in [5.41, 5.74) is 8.33. The molecule has 0 amide bonds. The first-order chi connectivity index (χ1) is 14.0. The molecule has 0 atom stereocenters. The first-order valence-electron chi connectivity index (χ1n) is 8.73. The van der Waals surface area contributed by atoms with Crippen LogP contribution in [0, 0.1) is 24.1 Å². The molecule has 0 radical (unpaired) electrons. The first kappa shape index (κ1) is 18.2. The van der Waals surface area contributed by atoms with Crippen molar-refractivity contribution in [2.24, 2.45) is 0 Å². The number of fused-ring (bicyclic) bond motifs is 1. The monoisotopic (exact) mass is 386 g/mol. The summed E-state index contributed by atoms with van der Waals surface area (Å²) in [7, 11) is 0. The van der Waals surface area contributed by atoms with Gasteiger partial charge >= 0.3 is 0 Å². The Labute approximate surface area is 165 Å². The highest BCUT2D eigenvalue weighted by Gasteiger charge is 2.20. The van der Waals surface area contributed by atoms with Gasteiger partial charge in [-0.1, -0.05) is 12.1 Å². The number of aryl methyl sites for hydroxylation is 1. The standard InChI is InChI=1S/C22H15FN4O2/c1-12-8-14(29-18-5-3-2-4-17(18)23)6-7-15(12)21(28)16-11-27-22-19(16)20(25)13(9-24)10-26-22/h2-8,10-11H,1H3,(H3,25,26,27). The second kappa shape index (κ2) is 7.09. The number of rotatable bonds is 4. The van der Waals surface area contributed by atoms with Crippen molar-refractivity contribution in [3.05, 3.63) is 82.9 Å². The number of aromatic nitrogens is 2. The average Bonchev–Trinajstić information content (AvgIpc) is 3.15. The quantitative estimate of drug-likeness (QED) is 0.503. The number of anilines is 1. The third-order valence-electron chi connectivity index (χ3n) is 4.61. The molecule has 0 spiro atoms. The van der Waals surface area contributed by atoms with Gasteiger partial charge in [0.1, 0.15) is 17.5 Å². The number of carbonyl (C=O) groups excluding carboxylic acids is 1. The van der Waals surface area contributed by atoms with Crippen molar-refractivity contribution in [3.8, 4) is 17.6 Å². The minimum Gasteiger partial charge on any atom is -0.454 e. The highest BCUT2D eigenvalue weighted by atomic mass is 19.1. The number of nitrogens with one attached hydrogen (secondary N) is 1. The number of ether oxygens (including phenoxy) is 1. The Bertz CT molecular complexity index is 1300. The van der Waals surface area contributed by atoms with E-state index in [0.29, 0.717) is 33.5 Å². The summed E-state index contributed by atoms with van der Waals surface area (Å²) in [6.07, 6.45) is 2.89. The molecule has 7 heteroatoms. The molecule has 0 fully saturated rings. The number of ketones is 1. The van der Waals surface area contributed by atoms with Crippen molar-refractivity contribution in [3.63, 3.8) is 0 Å². The van der Waals surface area contributed by atoms with Gasteiger partial charge in [0.05, 0.1) is 22.2 Å². The van der Waals surface area contributed by atoms with Crippen LogP contribution in [0.2, 0.25) is 0 Å². The summed E-state index contributed by atoms with van der Waals surface area (Å²) >= 11 is 0. The zero-order chi connectivity index (χ0) is 20.5. The van der Waals surface area contributed by atoms with Crippen LogP contribution in [-0.2, 0) is 0 Å². The van der Waals surface area contributed by atoms with Gasteiger partial charge in [-0.25, -0.2) is 9.37 Å². The fourth-order valence-corrected chi connectivity index (χ4v) is 3.14. The van der Waals surface area contributed by atoms with E-state index in [0.717, 1.165) is 0 Å². The molecule has 0 aliphatic heterocycles. The van der Waals surface area contributed by atoms with Crippen molar-refractivity contribution in [2.45, 2.75) is 6.92 Å². The van der Waals surface area contributed by atoms with Crippen LogP contribution in [0.5, 0.6) is 11.5 Å². The fraction of sp³-hybridized carbons (Fsp3) is 0.0455. The lowest BCUT2D eigenvalue weighted by atomic mass is 9.98. The summed E-state index contributed by atoms with van der Waals surface area (Å²) in [6.45, 7) is 1.76. The fourth-order valence-electron chi connectivity index (χ4n) is 3.14. The van der Waals surface area contributed by atoms with Crippen molar-refractivity contribution in [1.82, 2.24) is 9.97 Å². The number of carbonyl (C=O) groups is 1. The van der Waals surface area contributed by atoms with Crippen LogP contribution < -0.4 is 10.5 Å². The molecule has 2 aromatic heterocycles. The normalized spacial score (nSPS) is 10.7. The Hall–Kier alpha value is -4.18. The second-order valence-corrected chi connectivity index (χ2v) is 6.46. The van der Waals surface area contributed by atoms with E-state index in [4.69, 9.17) is 10.5 Å². The summed E-state index contributed by atoms with van der Waals surface area (Å²) in [5, 5.41) is 9.59. The zero-order valence-corrected chi connectivity index (χ0v) is 15.4. The predicted molar refractivity (Wildman–Crippen MR) is 106 cm³/mol. The van der Waals surface area contributed by atoms with Gasteiger partial charge < -0.3 is 15.5 Å². The highest BCUT2D eigenvalue weighted by molar-refractivity contribution is 6.19. The number of aromatic amines is 1. The van der Waals surface area contributed by atoms with Gasteiger partial charge in [0.25, 0.3) is 0 Å². The Morgan fingerprint density at radius 2 is 2.03 bits per heavy atom. The van der Waals surface area contributed by atoms with Crippen LogP contribution in [0.1, 0.15) is 27.0 Å². The number of halogens is 1. The van der Waals surface area contributed by atoms with Crippen LogP contribution >= 0.6 is 0 Å². The Balaban J connectivity index is 1.71. The van der Waals surface area contributed by atoms with Crippen LogP contribution in [0.25, 0.3) is 11.0 Å². The number of nitrogens with two attached hydrogens (primary N) is 1. The van der Waals surface area contributed by atoms with Crippen LogP contribution in [-0.4, -0.2) is 15.8 Å². The molecule has 2 heterocycles. The minimum atomic E-state index is -0.472. The number of para-hydroxylation sites is 1. The lowest BCUT2D eigenvalue weighted by molar-refractivity contribution is 0.103. The lowest BCUT2D eigenvalue weighted by Gasteiger charge is -2.10. The molecule has 0 saturated carbocycles. The van der Waals surface area contributed by atoms with E-state index in [1.54, 1.807) is 37.3 Å². The molecule has 2 aromatic carbocycles. The highest BCUT2D eigenvalue weighted by Crippen LogP contribution is 2.30. The van der Waals surface area contributed by atoms with Crippen molar-refractivity contribution >= 4 is 22.5 Å². The molecule has 3 N–H and O–H groups in total. The molecular formula is C22H15FN4O2. The van der Waals surface area contributed by atoms with E-state index in [-0.39, 0.29) is 22.8 Å². The Morgan fingerprint density at radius 1 is 1.24 bits per heavy atom. The Morgan fingerprint density at radius 3 is 2.76 bits per heavy atom. The molecule has 0 aliphatic carbocycles. The summed E-state index contributed by atoms with van der Waals surface area (Å²) in [6, 6.07) is 12.9. The van der Waals surface area contributed by atoms with Gasteiger partial charge in [-0.3, -0.25) is 4.79 Å². The Kier molecular flexibility index (Phi) is 4.45. The van der Waals surface area contributed by atoms with Gasteiger partial charge in [-0.05, 0) is 42.8 Å². The van der Waals surface area contributed by atoms with E-state index < -0.39 is 5.82 Å². The third-order valence-corrected chi connectivity index (χ3v) is 4.61. The molecule has 0 bridgehead atoms. The molecule has 4 rings (SSSR count). The second-order valence-electron chi connectivity index (χ2n) is 6.46. The number of nitrogen functional groups attached to an aromatic ring is 1. The van der Waals surface area contributed by atoms with Gasteiger partial charge in [0, 0.05) is 18.0 Å². The number of H-pyrrole nitrogens is 1. The van der Waals surface area contributed by atoms with Crippen LogP contribution in [0.4, 0.5) is 10.1 Å². The number of pyridine rings is 1. The van der Waals surface area contributed by atoms with Gasteiger partial charge in [0.15, 0.2) is 17.3 Å². The topological polar surface area (TPSA) is 105 Å². The molecule has 0 unspecified atom stereocenters. The molecule has 4 aromatic rings. The maximum Gasteiger partial charge on any atom is 0.195 e. The molecular weight excluding hydrogens is 371 g/mol. The molecule has 6 nitrogen and oxygen atoms in total. The van der Waals surface area contributed by atoms with E-state index in [1.807, 2.05) is 6.07 Å². The van der Waals surface area contributed by atoms with E-state index in [9.17, 15) is 14.4 Å². The summed E-state index contributed by atoms with van der Waals surface area (Å²) in [4.78, 5) is 20.2. The predicted octanol–water partition coefficient (Wildman–Crippen LogP) is 4.49. The van der Waals surface area contributed by atoms with Crippen LogP contribution in [0.15, 0.2) is 54.9 Å². The first-order valence-corrected chi connectivity index (χ1v) is 8.73. The van der Waals surface area contributed by atoms with Gasteiger partial charge in [-0.15, -0.1) is 0 Å². The maximum atomic E-state index is 13.8. The van der Waals surface area contributed by atoms with E-state index in [2.05, 4.69) is 9.97 Å². The van der Waals surface area contributed by atoms with Gasteiger partial charge in [-0.2, -0.15) is 5.26 Å². The number of hydrogen-bond acceptors (Lipinski definition) is 5. The SMILES string of the molecule is Cc1cc(Oc2ccccc2F)ccc1C(=O)c1c[nH]c2ncc(C#N)c(N)c12. The summed E-state index contributed by atoms with van der Waals surface area (Å²) < 4.78 is 19.4. The lowest BCUT2D eigenvalue weighted by Crippen LogP contribution is -2.05. The van der Waals surface area contributed by atoms with Crippen molar-refractivity contribution < 1.29 is 13.9 Å². The minimum absolute atomic E-state index is 0.102. The van der Waals surface area contributed by atoms with Crippen molar-refractivity contribution in [1.29, 1.82) is 5.26 Å². The molecule has 0 saturated heterocycles. The van der Waals surface area contributed by atoms with Gasteiger partial charge in [0.2, 0.25) is 0 Å². The van der Waals surface area contributed by atoms with E-state index >= 15 is 0 Å². The molecule has 142 valence electrons. The maximum absolute atomic E-state index is 13.8. The number of nitriles is 1. The average molecular weight is 386 g/mol. The van der Waals surface area contributed by atoms with E-state index in [1.165, 1.54) is 24.5 Å². The smallest absolute Gasteiger partial charge is 0.195 e. The summed E-state index contributed by atoms with van der Waals surface area (Å²) in [5.74, 6) is -0.225. The molecule has 0 aliphatic rings. The zero-order valence-electron chi connectivity index (χ0n) is 15.4.